The highest BCUT2D eigenvalue weighted by Gasteiger charge is 1.99. The quantitative estimate of drug-likeness (QED) is 0.511. The minimum Gasteiger partial charge on any atom is -0.330 e. The van der Waals surface area contributed by atoms with E-state index in [1.54, 1.807) is 0 Å². The molecule has 5 heteroatoms. The standard InChI is InChI=1S/C13H29NO2S2/c14-12-10-8-6-4-2-1-3-5-7-9-11-13-18(15,16)17/h1-14H2,(H,15,16,17). The van der Waals surface area contributed by atoms with Crippen molar-refractivity contribution >= 4 is 20.0 Å². The van der Waals surface area contributed by atoms with Crippen LogP contribution in [-0.4, -0.2) is 21.1 Å². The molecule has 3 N–H and O–H groups in total. The molecule has 110 valence electrons. The summed E-state index contributed by atoms with van der Waals surface area (Å²) in [6, 6.07) is 0. The van der Waals surface area contributed by atoms with E-state index in [4.69, 9.17) is 10.3 Å². The molecule has 18 heavy (non-hydrogen) atoms. The molecule has 0 saturated heterocycles. The van der Waals surface area contributed by atoms with Crippen molar-refractivity contribution in [1.82, 2.24) is 0 Å². The molecule has 0 aliphatic rings. The van der Waals surface area contributed by atoms with Gasteiger partial charge < -0.3 is 10.3 Å². The third-order valence-electron chi connectivity index (χ3n) is 3.11. The molecule has 0 aromatic rings. The van der Waals surface area contributed by atoms with Crippen LogP contribution in [0, 0.1) is 0 Å². The summed E-state index contributed by atoms with van der Waals surface area (Å²) in [5, 5.41) is 0. The van der Waals surface area contributed by atoms with Gasteiger partial charge in [-0.2, -0.15) is 0 Å². The summed E-state index contributed by atoms with van der Waals surface area (Å²) in [6.07, 6.45) is 13.3. The van der Waals surface area contributed by atoms with Gasteiger partial charge in [-0.1, -0.05) is 57.8 Å². The lowest BCUT2D eigenvalue weighted by molar-refractivity contribution is 0.542. The van der Waals surface area contributed by atoms with Crippen LogP contribution in [-0.2, 0) is 20.0 Å². The van der Waals surface area contributed by atoms with E-state index < -0.39 is 8.77 Å². The Morgan fingerprint density at radius 1 is 0.778 bits per heavy atom. The van der Waals surface area contributed by atoms with E-state index in [-0.39, 0.29) is 5.75 Å². The average molecular weight is 296 g/mol. The minimum atomic E-state index is -2.91. The zero-order valence-electron chi connectivity index (χ0n) is 11.4. The van der Waals surface area contributed by atoms with E-state index in [1.807, 2.05) is 0 Å². The zero-order valence-corrected chi connectivity index (χ0v) is 13.1. The van der Waals surface area contributed by atoms with Crippen LogP contribution in [0.25, 0.3) is 0 Å². The Morgan fingerprint density at radius 3 is 1.44 bits per heavy atom. The maximum absolute atomic E-state index is 10.8. The molecule has 1 atom stereocenters. The summed E-state index contributed by atoms with van der Waals surface area (Å²) in [5.41, 5.74) is 5.44. The molecule has 0 aromatic carbocycles. The van der Waals surface area contributed by atoms with Gasteiger partial charge in [0.05, 0.1) is 0 Å². The molecule has 0 aliphatic carbocycles. The average Bonchev–Trinajstić information content (AvgIpc) is 2.29. The SMILES string of the molecule is NCCCCCCCCCCCCCS(=O)(O)=S. The zero-order chi connectivity index (χ0) is 13.7. The lowest BCUT2D eigenvalue weighted by atomic mass is 10.1. The minimum absolute atomic E-state index is 0.281. The third-order valence-corrected chi connectivity index (χ3v) is 4.41. The van der Waals surface area contributed by atoms with Crippen LogP contribution < -0.4 is 5.73 Å². The van der Waals surface area contributed by atoms with Crippen LogP contribution in [0.15, 0.2) is 0 Å². The number of rotatable bonds is 13. The van der Waals surface area contributed by atoms with Gasteiger partial charge in [-0.05, 0) is 19.4 Å². The Labute approximate surface area is 117 Å². The molecular formula is C13H29NO2S2. The van der Waals surface area contributed by atoms with E-state index in [2.05, 4.69) is 11.2 Å². The van der Waals surface area contributed by atoms with Crippen LogP contribution in [0.4, 0.5) is 0 Å². The van der Waals surface area contributed by atoms with Crippen LogP contribution >= 0.6 is 0 Å². The van der Waals surface area contributed by atoms with Crippen molar-refractivity contribution in [3.63, 3.8) is 0 Å². The van der Waals surface area contributed by atoms with E-state index in [0.717, 1.165) is 32.2 Å². The lowest BCUT2D eigenvalue weighted by Crippen LogP contribution is -2.01. The van der Waals surface area contributed by atoms with Gasteiger partial charge in [0.25, 0.3) is 0 Å². The van der Waals surface area contributed by atoms with Crippen molar-refractivity contribution < 1.29 is 8.76 Å². The van der Waals surface area contributed by atoms with Gasteiger partial charge in [-0.3, -0.25) is 0 Å². The first kappa shape index (κ1) is 18.3. The van der Waals surface area contributed by atoms with Crippen LogP contribution in [0.3, 0.4) is 0 Å². The third kappa shape index (κ3) is 16.3. The molecule has 0 amide bonds. The molecule has 0 fully saturated rings. The Balaban J connectivity index is 3.03. The first-order chi connectivity index (χ1) is 8.56. The number of hydrogen-bond acceptors (Lipinski definition) is 3. The summed E-state index contributed by atoms with van der Waals surface area (Å²) in [4.78, 5) is 0. The number of nitrogens with two attached hydrogens (primary N) is 1. The van der Waals surface area contributed by atoms with Gasteiger partial charge >= 0.3 is 0 Å². The highest BCUT2D eigenvalue weighted by atomic mass is 32.8. The van der Waals surface area contributed by atoms with Crippen molar-refractivity contribution in [2.24, 2.45) is 5.73 Å². The Kier molecular flexibility index (Phi) is 12.5. The predicted molar refractivity (Wildman–Crippen MR) is 82.8 cm³/mol. The Morgan fingerprint density at radius 2 is 1.11 bits per heavy atom. The highest BCUT2D eigenvalue weighted by molar-refractivity contribution is 8.29. The Hall–Kier alpha value is 0.290. The fourth-order valence-corrected chi connectivity index (χ4v) is 2.94. The second-order valence-electron chi connectivity index (χ2n) is 4.96. The van der Waals surface area contributed by atoms with E-state index in [0.29, 0.717) is 0 Å². The van der Waals surface area contributed by atoms with Gasteiger partial charge in [0, 0.05) is 16.9 Å². The van der Waals surface area contributed by atoms with Gasteiger partial charge in [-0.25, -0.2) is 4.21 Å². The second kappa shape index (κ2) is 12.3. The van der Waals surface area contributed by atoms with Crippen LogP contribution in [0.5, 0.6) is 0 Å². The van der Waals surface area contributed by atoms with Gasteiger partial charge in [0.2, 0.25) is 0 Å². The van der Waals surface area contributed by atoms with Crippen molar-refractivity contribution in [2.75, 3.05) is 12.3 Å². The molecule has 0 spiro atoms. The maximum atomic E-state index is 10.8. The largest absolute Gasteiger partial charge is 0.330 e. The molecule has 0 aromatic heterocycles. The molecule has 0 radical (unpaired) electrons. The highest BCUT2D eigenvalue weighted by Crippen LogP contribution is 2.11. The van der Waals surface area contributed by atoms with Crippen molar-refractivity contribution in [1.29, 1.82) is 0 Å². The lowest BCUT2D eigenvalue weighted by Gasteiger charge is -2.02. The van der Waals surface area contributed by atoms with E-state index in [9.17, 15) is 4.21 Å². The van der Waals surface area contributed by atoms with Crippen LogP contribution in [0.2, 0.25) is 0 Å². The van der Waals surface area contributed by atoms with Gasteiger partial charge in [0.15, 0.2) is 0 Å². The molecule has 0 bridgehead atoms. The van der Waals surface area contributed by atoms with Crippen molar-refractivity contribution in [3.8, 4) is 0 Å². The summed E-state index contributed by atoms with van der Waals surface area (Å²) >= 11 is 4.44. The van der Waals surface area contributed by atoms with Gasteiger partial charge in [0.1, 0.15) is 8.77 Å². The maximum Gasteiger partial charge on any atom is 0.141 e. The summed E-state index contributed by atoms with van der Waals surface area (Å²) in [6.45, 7) is 0.824. The summed E-state index contributed by atoms with van der Waals surface area (Å²) < 4.78 is 19.7. The fourth-order valence-electron chi connectivity index (χ4n) is 2.02. The normalized spacial score (nSPS) is 14.6. The number of unbranched alkanes of at least 4 members (excludes halogenated alkanes) is 10. The molecular weight excluding hydrogens is 266 g/mol. The predicted octanol–water partition coefficient (Wildman–Crippen LogP) is 3.46. The molecule has 0 rings (SSSR count). The van der Waals surface area contributed by atoms with Crippen molar-refractivity contribution in [3.05, 3.63) is 0 Å². The van der Waals surface area contributed by atoms with Gasteiger partial charge in [-0.15, -0.1) is 0 Å². The van der Waals surface area contributed by atoms with Crippen LogP contribution in [0.1, 0.15) is 70.6 Å². The Bertz CT molecular complexity index is 266. The topological polar surface area (TPSA) is 63.3 Å². The first-order valence-corrected chi connectivity index (χ1v) is 9.82. The molecule has 0 aliphatic heterocycles. The monoisotopic (exact) mass is 295 g/mol. The summed E-state index contributed by atoms with van der Waals surface area (Å²) in [7, 11) is -2.91. The molecule has 1 unspecified atom stereocenters. The van der Waals surface area contributed by atoms with Crippen molar-refractivity contribution in [2.45, 2.75) is 70.6 Å². The molecule has 0 heterocycles. The first-order valence-electron chi connectivity index (χ1n) is 7.21. The summed E-state index contributed by atoms with van der Waals surface area (Å²) in [5.74, 6) is 0.281. The molecule has 0 saturated carbocycles. The second-order valence-corrected chi connectivity index (χ2v) is 8.10. The fraction of sp³-hybridized carbons (Fsp3) is 1.00. The number of hydrogen-bond donors (Lipinski definition) is 2. The van der Waals surface area contributed by atoms with E-state index in [1.165, 1.54) is 44.9 Å². The van der Waals surface area contributed by atoms with E-state index >= 15 is 0 Å². The molecule has 3 nitrogen and oxygen atoms in total. The smallest absolute Gasteiger partial charge is 0.141 e.